The van der Waals surface area contributed by atoms with E-state index in [0.29, 0.717) is 19.5 Å². The molecule has 2 amide bonds. The van der Waals surface area contributed by atoms with Crippen LogP contribution in [0.4, 0.5) is 0 Å². The number of nitrogens with one attached hydrogen (secondary N) is 1. The molecule has 4 aliphatic carbocycles. The monoisotopic (exact) mass is 493 g/mol. The van der Waals surface area contributed by atoms with E-state index in [1.54, 1.807) is 23.1 Å². The number of hydrogen-bond acceptors (Lipinski definition) is 4. The fourth-order valence-electron chi connectivity index (χ4n) is 7.17. The van der Waals surface area contributed by atoms with E-state index in [2.05, 4.69) is 5.32 Å². The molecule has 1 aromatic rings. The number of nitrogens with zero attached hydrogens (tertiary/aromatic N) is 2. The highest BCUT2D eigenvalue weighted by Crippen LogP contribution is 2.61. The molecular formula is C24H32ClN3O4S. The Hall–Kier alpha value is -1.64. The zero-order valence-electron chi connectivity index (χ0n) is 18.8. The van der Waals surface area contributed by atoms with Crippen molar-refractivity contribution in [2.75, 3.05) is 32.7 Å². The molecule has 1 N–H and O–H groups in total. The number of carbonyl (C=O) groups excluding carboxylic acids is 2. The number of sulfonamides is 1. The minimum absolute atomic E-state index is 0.0229. The standard InChI is InChI=1S/C24H32ClN3O4S/c25-20-3-1-2-4-21(20)33(31,32)28-7-5-27(6-8-28)23(30)16-26-22(29)15-24-12-17-9-18(13-24)11-19(10-17)14-24/h1-4,17-19H,5-16H2,(H,26,29). The first kappa shape index (κ1) is 23.1. The highest BCUT2D eigenvalue weighted by Gasteiger charge is 2.51. The van der Waals surface area contributed by atoms with E-state index >= 15 is 0 Å². The summed E-state index contributed by atoms with van der Waals surface area (Å²) in [6, 6.07) is 6.38. The van der Waals surface area contributed by atoms with Crippen molar-refractivity contribution in [1.29, 1.82) is 0 Å². The van der Waals surface area contributed by atoms with Crippen LogP contribution >= 0.6 is 11.6 Å². The van der Waals surface area contributed by atoms with Crippen molar-refractivity contribution in [2.45, 2.75) is 49.8 Å². The number of rotatable bonds is 6. The summed E-state index contributed by atoms with van der Waals surface area (Å²) in [5, 5.41) is 3.04. The summed E-state index contributed by atoms with van der Waals surface area (Å²) in [6.45, 7) is 0.990. The molecule has 6 rings (SSSR count). The van der Waals surface area contributed by atoms with Crippen LogP contribution in [0, 0.1) is 23.2 Å². The van der Waals surface area contributed by atoms with Gasteiger partial charge in [0.05, 0.1) is 11.6 Å². The smallest absolute Gasteiger partial charge is 0.244 e. The Bertz CT molecular complexity index is 1000. The molecule has 1 aromatic carbocycles. The summed E-state index contributed by atoms with van der Waals surface area (Å²) in [5.41, 5.74) is 0.153. The molecule has 4 saturated carbocycles. The van der Waals surface area contributed by atoms with Gasteiger partial charge in [0, 0.05) is 32.6 Å². The Balaban J connectivity index is 1.10. The largest absolute Gasteiger partial charge is 0.347 e. The SMILES string of the molecule is O=C(CC12CC3CC(CC(C3)C1)C2)NCC(=O)N1CCN(S(=O)(=O)c2ccccc2Cl)CC1. The Morgan fingerprint density at radius 2 is 1.55 bits per heavy atom. The first-order valence-electron chi connectivity index (χ1n) is 12.0. The van der Waals surface area contributed by atoms with Crippen LogP contribution in [0.2, 0.25) is 5.02 Å². The van der Waals surface area contributed by atoms with Crippen molar-refractivity contribution < 1.29 is 18.0 Å². The van der Waals surface area contributed by atoms with Gasteiger partial charge in [0.15, 0.2) is 0 Å². The summed E-state index contributed by atoms with van der Waals surface area (Å²) < 4.78 is 27.1. The van der Waals surface area contributed by atoms with E-state index in [-0.39, 0.29) is 46.8 Å². The summed E-state index contributed by atoms with van der Waals surface area (Å²) in [6.07, 6.45) is 8.08. The maximum absolute atomic E-state index is 12.9. The minimum Gasteiger partial charge on any atom is -0.347 e. The molecule has 33 heavy (non-hydrogen) atoms. The molecule has 9 heteroatoms. The van der Waals surface area contributed by atoms with Crippen LogP contribution in [0.1, 0.15) is 44.9 Å². The maximum atomic E-state index is 12.9. The molecule has 0 aromatic heterocycles. The topological polar surface area (TPSA) is 86.8 Å². The van der Waals surface area contributed by atoms with Gasteiger partial charge in [-0.1, -0.05) is 23.7 Å². The van der Waals surface area contributed by atoms with Gasteiger partial charge in [0.25, 0.3) is 0 Å². The number of halogens is 1. The van der Waals surface area contributed by atoms with E-state index in [4.69, 9.17) is 11.6 Å². The minimum atomic E-state index is -3.70. The number of amides is 2. The fraction of sp³-hybridized carbons (Fsp3) is 0.667. The fourth-order valence-corrected chi connectivity index (χ4v) is 9.08. The van der Waals surface area contributed by atoms with Crippen LogP contribution < -0.4 is 5.32 Å². The molecule has 7 nitrogen and oxygen atoms in total. The molecule has 0 atom stereocenters. The van der Waals surface area contributed by atoms with Gasteiger partial charge in [0.2, 0.25) is 21.8 Å². The van der Waals surface area contributed by atoms with Crippen molar-refractivity contribution in [2.24, 2.45) is 23.2 Å². The van der Waals surface area contributed by atoms with Gasteiger partial charge in [-0.15, -0.1) is 0 Å². The average molecular weight is 494 g/mol. The maximum Gasteiger partial charge on any atom is 0.244 e. The second kappa shape index (κ2) is 8.86. The average Bonchev–Trinajstić information content (AvgIpc) is 2.76. The third-order valence-corrected chi connectivity index (χ3v) is 10.6. The molecule has 5 aliphatic rings. The van der Waals surface area contributed by atoms with Crippen LogP contribution in [-0.4, -0.2) is 62.2 Å². The molecule has 180 valence electrons. The van der Waals surface area contributed by atoms with Gasteiger partial charge < -0.3 is 10.2 Å². The third-order valence-electron chi connectivity index (χ3n) is 8.18. The Morgan fingerprint density at radius 3 is 2.12 bits per heavy atom. The zero-order chi connectivity index (χ0) is 23.2. The Kier molecular flexibility index (Phi) is 6.20. The molecule has 1 heterocycles. The van der Waals surface area contributed by atoms with Crippen LogP contribution in [0.15, 0.2) is 29.2 Å². The predicted octanol–water partition coefficient (Wildman–Crippen LogP) is 2.90. The third kappa shape index (κ3) is 4.66. The predicted molar refractivity (Wildman–Crippen MR) is 125 cm³/mol. The van der Waals surface area contributed by atoms with E-state index < -0.39 is 10.0 Å². The van der Waals surface area contributed by atoms with Crippen molar-refractivity contribution in [1.82, 2.24) is 14.5 Å². The highest BCUT2D eigenvalue weighted by molar-refractivity contribution is 7.89. The van der Waals surface area contributed by atoms with Crippen molar-refractivity contribution in [3.63, 3.8) is 0 Å². The van der Waals surface area contributed by atoms with E-state index in [0.717, 1.165) is 17.8 Å². The van der Waals surface area contributed by atoms with Gasteiger partial charge in [-0.25, -0.2) is 8.42 Å². The lowest BCUT2D eigenvalue weighted by Gasteiger charge is -2.56. The molecule has 5 fully saturated rings. The highest BCUT2D eigenvalue weighted by atomic mass is 35.5. The number of carbonyl (C=O) groups is 2. The van der Waals surface area contributed by atoms with E-state index in [1.807, 2.05) is 0 Å². The number of benzene rings is 1. The lowest BCUT2D eigenvalue weighted by Crippen LogP contribution is -2.53. The Labute approximate surface area is 200 Å². The normalized spacial score (nSPS) is 31.5. The summed E-state index contributed by atoms with van der Waals surface area (Å²) >= 11 is 6.08. The molecule has 0 radical (unpaired) electrons. The van der Waals surface area contributed by atoms with Crippen LogP contribution in [0.25, 0.3) is 0 Å². The van der Waals surface area contributed by atoms with Gasteiger partial charge in [-0.2, -0.15) is 4.31 Å². The number of hydrogen-bond donors (Lipinski definition) is 1. The lowest BCUT2D eigenvalue weighted by molar-refractivity contribution is -0.136. The zero-order valence-corrected chi connectivity index (χ0v) is 20.4. The number of piperazine rings is 1. The second-order valence-corrected chi connectivity index (χ2v) is 12.9. The van der Waals surface area contributed by atoms with Crippen LogP contribution in [0.5, 0.6) is 0 Å². The van der Waals surface area contributed by atoms with E-state index in [1.165, 1.54) is 48.9 Å². The lowest BCUT2D eigenvalue weighted by atomic mass is 9.49. The molecule has 4 bridgehead atoms. The molecule has 1 aliphatic heterocycles. The van der Waals surface area contributed by atoms with E-state index in [9.17, 15) is 18.0 Å². The van der Waals surface area contributed by atoms with Crippen LogP contribution in [0.3, 0.4) is 0 Å². The quantitative estimate of drug-likeness (QED) is 0.660. The first-order valence-corrected chi connectivity index (χ1v) is 13.9. The summed E-state index contributed by atoms with van der Waals surface area (Å²) in [7, 11) is -3.70. The molecule has 0 spiro atoms. The second-order valence-electron chi connectivity index (χ2n) is 10.6. The van der Waals surface area contributed by atoms with Crippen LogP contribution in [-0.2, 0) is 19.6 Å². The summed E-state index contributed by atoms with van der Waals surface area (Å²) in [5.74, 6) is 2.20. The van der Waals surface area contributed by atoms with Gasteiger partial charge in [0.1, 0.15) is 4.90 Å². The van der Waals surface area contributed by atoms with Crippen molar-refractivity contribution in [3.05, 3.63) is 29.3 Å². The molecule has 0 unspecified atom stereocenters. The van der Waals surface area contributed by atoms with Crippen molar-refractivity contribution in [3.8, 4) is 0 Å². The first-order chi connectivity index (χ1) is 15.7. The summed E-state index contributed by atoms with van der Waals surface area (Å²) in [4.78, 5) is 27.1. The molecular weight excluding hydrogens is 462 g/mol. The van der Waals surface area contributed by atoms with Crippen molar-refractivity contribution >= 4 is 33.4 Å². The van der Waals surface area contributed by atoms with Gasteiger partial charge in [-0.3, -0.25) is 9.59 Å². The van der Waals surface area contributed by atoms with Gasteiger partial charge >= 0.3 is 0 Å². The molecule has 1 saturated heterocycles. The Morgan fingerprint density at radius 1 is 0.970 bits per heavy atom. The van der Waals surface area contributed by atoms with Gasteiger partial charge in [-0.05, 0) is 73.8 Å².